The van der Waals surface area contributed by atoms with E-state index in [1.54, 1.807) is 12.5 Å². The molecule has 23 heavy (non-hydrogen) atoms. The third-order valence-corrected chi connectivity index (χ3v) is 4.10. The van der Waals surface area contributed by atoms with Gasteiger partial charge in [0.2, 0.25) is 0 Å². The number of amides is 1. The predicted molar refractivity (Wildman–Crippen MR) is 94.5 cm³/mol. The Kier molecular flexibility index (Phi) is 5.34. The summed E-state index contributed by atoms with van der Waals surface area (Å²) in [7, 11) is 1.90. The third-order valence-electron chi connectivity index (χ3n) is 3.86. The van der Waals surface area contributed by atoms with Crippen molar-refractivity contribution in [1.29, 1.82) is 0 Å². The SMILES string of the molecule is Cc1c(C(=O)NCCc2cnc[nH]2)n(C)c2ccc(Cl)cc12.Cl. The van der Waals surface area contributed by atoms with Gasteiger partial charge in [-0.2, -0.15) is 0 Å². The van der Waals surface area contributed by atoms with Gasteiger partial charge in [-0.25, -0.2) is 4.98 Å². The van der Waals surface area contributed by atoms with Gasteiger partial charge in [-0.05, 0) is 30.7 Å². The maximum atomic E-state index is 12.5. The van der Waals surface area contributed by atoms with Crippen molar-refractivity contribution >= 4 is 40.8 Å². The molecule has 0 bridgehead atoms. The summed E-state index contributed by atoms with van der Waals surface area (Å²) in [4.78, 5) is 19.5. The molecule has 2 N–H and O–H groups in total. The van der Waals surface area contributed by atoms with Crippen molar-refractivity contribution in [3.63, 3.8) is 0 Å². The molecule has 7 heteroatoms. The fourth-order valence-corrected chi connectivity index (χ4v) is 2.91. The van der Waals surface area contributed by atoms with Crippen LogP contribution in [0.1, 0.15) is 21.7 Å². The molecule has 2 aromatic heterocycles. The van der Waals surface area contributed by atoms with Crippen molar-refractivity contribution in [2.24, 2.45) is 7.05 Å². The molecule has 0 aliphatic rings. The van der Waals surface area contributed by atoms with Gasteiger partial charge in [0.1, 0.15) is 5.69 Å². The van der Waals surface area contributed by atoms with E-state index in [-0.39, 0.29) is 18.3 Å². The lowest BCUT2D eigenvalue weighted by atomic mass is 10.1. The van der Waals surface area contributed by atoms with E-state index in [9.17, 15) is 4.79 Å². The van der Waals surface area contributed by atoms with Gasteiger partial charge in [0, 0.05) is 47.8 Å². The standard InChI is InChI=1S/C16H17ClN4O.ClH/c1-10-13-7-11(17)3-4-14(13)21(2)15(10)16(22)19-6-5-12-8-18-9-20-12;/h3-4,7-9H,5-6H2,1-2H3,(H,18,20)(H,19,22);1H. The Morgan fingerprint density at radius 2 is 2.22 bits per heavy atom. The van der Waals surface area contributed by atoms with E-state index in [2.05, 4.69) is 15.3 Å². The summed E-state index contributed by atoms with van der Waals surface area (Å²) in [5, 5.41) is 4.64. The lowest BCUT2D eigenvalue weighted by Gasteiger charge is -2.07. The van der Waals surface area contributed by atoms with Gasteiger partial charge in [0.15, 0.2) is 0 Å². The summed E-state index contributed by atoms with van der Waals surface area (Å²) < 4.78 is 1.91. The summed E-state index contributed by atoms with van der Waals surface area (Å²) in [6.07, 6.45) is 4.12. The molecule has 0 saturated heterocycles. The number of nitrogens with one attached hydrogen (secondary N) is 2. The lowest BCUT2D eigenvalue weighted by molar-refractivity contribution is 0.0945. The molecule has 2 heterocycles. The van der Waals surface area contributed by atoms with Gasteiger partial charge in [0.25, 0.3) is 5.91 Å². The zero-order valence-corrected chi connectivity index (χ0v) is 14.5. The zero-order valence-electron chi connectivity index (χ0n) is 12.9. The van der Waals surface area contributed by atoms with E-state index in [0.29, 0.717) is 17.3 Å². The molecule has 0 spiro atoms. The van der Waals surface area contributed by atoms with Crippen LogP contribution in [-0.2, 0) is 13.5 Å². The molecule has 1 amide bonds. The number of nitrogens with zero attached hydrogens (tertiary/aromatic N) is 2. The van der Waals surface area contributed by atoms with Crippen molar-refractivity contribution in [1.82, 2.24) is 19.9 Å². The molecule has 0 atom stereocenters. The number of aromatic amines is 1. The number of halogens is 2. The van der Waals surface area contributed by atoms with Crippen LogP contribution >= 0.6 is 24.0 Å². The highest BCUT2D eigenvalue weighted by atomic mass is 35.5. The number of carbonyl (C=O) groups excluding carboxylic acids is 1. The second-order valence-electron chi connectivity index (χ2n) is 5.28. The van der Waals surface area contributed by atoms with Crippen molar-refractivity contribution in [2.45, 2.75) is 13.3 Å². The molecule has 0 fully saturated rings. The van der Waals surface area contributed by atoms with Gasteiger partial charge >= 0.3 is 0 Å². The number of imidazole rings is 1. The maximum Gasteiger partial charge on any atom is 0.268 e. The number of carbonyl (C=O) groups is 1. The first-order valence-corrected chi connectivity index (χ1v) is 7.45. The number of H-pyrrole nitrogens is 1. The van der Waals surface area contributed by atoms with Crippen LogP contribution in [0.25, 0.3) is 10.9 Å². The number of benzene rings is 1. The number of hydrogen-bond donors (Lipinski definition) is 2. The first kappa shape index (κ1) is 17.4. The van der Waals surface area contributed by atoms with Gasteiger partial charge in [-0.15, -0.1) is 12.4 Å². The average Bonchev–Trinajstić information content (AvgIpc) is 3.07. The first-order valence-electron chi connectivity index (χ1n) is 7.08. The highest BCUT2D eigenvalue weighted by Crippen LogP contribution is 2.27. The van der Waals surface area contributed by atoms with E-state index in [1.807, 2.05) is 36.7 Å². The maximum absolute atomic E-state index is 12.5. The van der Waals surface area contributed by atoms with Crippen molar-refractivity contribution in [2.75, 3.05) is 6.54 Å². The predicted octanol–water partition coefficient (Wildman–Crippen LogP) is 3.26. The Labute approximate surface area is 145 Å². The molecule has 5 nitrogen and oxygen atoms in total. The minimum absolute atomic E-state index is 0. The van der Waals surface area contributed by atoms with Crippen molar-refractivity contribution in [3.05, 3.63) is 52.7 Å². The van der Waals surface area contributed by atoms with Crippen LogP contribution in [0.2, 0.25) is 5.02 Å². The van der Waals surface area contributed by atoms with Crippen LogP contribution < -0.4 is 5.32 Å². The number of fused-ring (bicyclic) bond motifs is 1. The Morgan fingerprint density at radius 1 is 1.43 bits per heavy atom. The molecule has 0 radical (unpaired) electrons. The third kappa shape index (κ3) is 3.35. The van der Waals surface area contributed by atoms with Crippen molar-refractivity contribution < 1.29 is 4.79 Å². The highest BCUT2D eigenvalue weighted by molar-refractivity contribution is 6.31. The molecular formula is C16H18Cl2N4O. The van der Waals surface area contributed by atoms with Gasteiger partial charge in [-0.1, -0.05) is 11.6 Å². The minimum atomic E-state index is -0.0770. The minimum Gasteiger partial charge on any atom is -0.350 e. The second-order valence-corrected chi connectivity index (χ2v) is 5.71. The molecule has 122 valence electrons. The molecule has 0 aliphatic heterocycles. The van der Waals surface area contributed by atoms with Crippen LogP contribution in [-0.4, -0.2) is 27.0 Å². The molecule has 0 unspecified atom stereocenters. The summed E-state index contributed by atoms with van der Waals surface area (Å²) in [5.74, 6) is -0.0770. The summed E-state index contributed by atoms with van der Waals surface area (Å²) >= 11 is 6.05. The van der Waals surface area contributed by atoms with Crippen LogP contribution in [0.5, 0.6) is 0 Å². The number of aryl methyl sites for hydroxylation is 2. The molecule has 0 aliphatic carbocycles. The van der Waals surface area contributed by atoms with Gasteiger partial charge in [-0.3, -0.25) is 4.79 Å². The number of hydrogen-bond acceptors (Lipinski definition) is 2. The fraction of sp³-hybridized carbons (Fsp3) is 0.250. The van der Waals surface area contributed by atoms with E-state index >= 15 is 0 Å². The molecule has 3 aromatic rings. The highest BCUT2D eigenvalue weighted by Gasteiger charge is 2.18. The molecule has 1 aromatic carbocycles. The topological polar surface area (TPSA) is 62.7 Å². The molecule has 3 rings (SSSR count). The van der Waals surface area contributed by atoms with E-state index < -0.39 is 0 Å². The van der Waals surface area contributed by atoms with Gasteiger partial charge < -0.3 is 14.9 Å². The monoisotopic (exact) mass is 352 g/mol. The second kappa shape index (κ2) is 7.06. The first-order chi connectivity index (χ1) is 10.6. The lowest BCUT2D eigenvalue weighted by Crippen LogP contribution is -2.28. The van der Waals surface area contributed by atoms with Gasteiger partial charge in [0.05, 0.1) is 6.33 Å². The van der Waals surface area contributed by atoms with Crippen LogP contribution in [0.3, 0.4) is 0 Å². The Bertz CT molecular complexity index is 824. The number of aromatic nitrogens is 3. The van der Waals surface area contributed by atoms with E-state index in [4.69, 9.17) is 11.6 Å². The Hall–Kier alpha value is -1.98. The molecular weight excluding hydrogens is 335 g/mol. The van der Waals surface area contributed by atoms with E-state index in [0.717, 1.165) is 28.6 Å². The van der Waals surface area contributed by atoms with E-state index in [1.165, 1.54) is 0 Å². The average molecular weight is 353 g/mol. The normalized spacial score (nSPS) is 10.6. The largest absolute Gasteiger partial charge is 0.350 e. The van der Waals surface area contributed by atoms with Crippen molar-refractivity contribution in [3.8, 4) is 0 Å². The van der Waals surface area contributed by atoms with Crippen LogP contribution in [0, 0.1) is 6.92 Å². The van der Waals surface area contributed by atoms with Crippen LogP contribution in [0.15, 0.2) is 30.7 Å². The fourth-order valence-electron chi connectivity index (χ4n) is 2.74. The smallest absolute Gasteiger partial charge is 0.268 e. The summed E-state index contributed by atoms with van der Waals surface area (Å²) in [5.41, 5.74) is 3.61. The Morgan fingerprint density at radius 3 is 2.91 bits per heavy atom. The van der Waals surface area contributed by atoms with Crippen LogP contribution in [0.4, 0.5) is 0 Å². The summed E-state index contributed by atoms with van der Waals surface area (Å²) in [6.45, 7) is 2.51. The number of rotatable bonds is 4. The summed E-state index contributed by atoms with van der Waals surface area (Å²) in [6, 6.07) is 5.67. The quantitative estimate of drug-likeness (QED) is 0.756. The zero-order chi connectivity index (χ0) is 15.7. The molecule has 0 saturated carbocycles. The Balaban J connectivity index is 0.00000192.